The van der Waals surface area contributed by atoms with Gasteiger partial charge in [-0.3, -0.25) is 9.48 Å². The molecule has 1 spiro atoms. The minimum Gasteiger partial charge on any atom is -0.485 e. The van der Waals surface area contributed by atoms with E-state index in [4.69, 9.17) is 4.74 Å². The number of hydrogen-bond donors (Lipinski definition) is 0. The number of rotatable bonds is 2. The molecule has 1 aliphatic carbocycles. The molecule has 1 aromatic carbocycles. The van der Waals surface area contributed by atoms with Gasteiger partial charge in [0.15, 0.2) is 0 Å². The molecule has 2 heterocycles. The number of amides is 1. The summed E-state index contributed by atoms with van der Waals surface area (Å²) in [7, 11) is 6.12. The highest BCUT2D eigenvalue weighted by atomic mass is 16.5. The molecular weight excluding hydrogens is 340 g/mol. The molecule has 6 nitrogen and oxygen atoms in total. The summed E-state index contributed by atoms with van der Waals surface area (Å²) in [5, 5.41) is 4.32. The van der Waals surface area contributed by atoms with Crippen molar-refractivity contribution in [2.45, 2.75) is 43.9 Å². The van der Waals surface area contributed by atoms with Crippen molar-refractivity contribution < 1.29 is 9.53 Å². The molecule has 2 aromatic rings. The number of aryl methyl sites for hydroxylation is 1. The molecule has 144 valence electrons. The van der Waals surface area contributed by atoms with Crippen molar-refractivity contribution in [1.82, 2.24) is 19.6 Å². The Bertz CT molecular complexity index is 821. The van der Waals surface area contributed by atoms with Gasteiger partial charge in [0, 0.05) is 31.4 Å². The summed E-state index contributed by atoms with van der Waals surface area (Å²) in [4.78, 5) is 17.4. The summed E-state index contributed by atoms with van der Waals surface area (Å²) in [6.07, 6.45) is 5.89. The fraction of sp³-hybridized carbons (Fsp3) is 0.524. The fourth-order valence-corrected chi connectivity index (χ4v) is 4.35. The van der Waals surface area contributed by atoms with Crippen LogP contribution in [0.15, 0.2) is 36.5 Å². The summed E-state index contributed by atoms with van der Waals surface area (Å²) in [5.41, 5.74) is 1.24. The summed E-state index contributed by atoms with van der Waals surface area (Å²) >= 11 is 0. The molecule has 0 atom stereocenters. The van der Waals surface area contributed by atoms with Crippen LogP contribution in [0.4, 0.5) is 0 Å². The lowest BCUT2D eigenvalue weighted by Crippen LogP contribution is -2.51. The lowest BCUT2D eigenvalue weighted by molar-refractivity contribution is -0.00941. The Morgan fingerprint density at radius 2 is 1.96 bits per heavy atom. The van der Waals surface area contributed by atoms with Gasteiger partial charge in [-0.2, -0.15) is 5.10 Å². The zero-order valence-electron chi connectivity index (χ0n) is 16.4. The highest BCUT2D eigenvalue weighted by Crippen LogP contribution is 2.39. The number of hydrogen-bond acceptors (Lipinski definition) is 4. The van der Waals surface area contributed by atoms with E-state index in [0.717, 1.165) is 37.0 Å². The van der Waals surface area contributed by atoms with Crippen molar-refractivity contribution in [3.8, 4) is 5.75 Å². The Hall–Kier alpha value is -2.34. The first-order chi connectivity index (χ1) is 13.0. The Kier molecular flexibility index (Phi) is 4.68. The molecule has 27 heavy (non-hydrogen) atoms. The highest BCUT2D eigenvalue weighted by Gasteiger charge is 2.42. The van der Waals surface area contributed by atoms with E-state index in [0.29, 0.717) is 24.8 Å². The van der Waals surface area contributed by atoms with E-state index in [1.165, 1.54) is 0 Å². The minimum atomic E-state index is -0.316. The van der Waals surface area contributed by atoms with Crippen molar-refractivity contribution >= 4 is 5.91 Å². The van der Waals surface area contributed by atoms with Gasteiger partial charge in [-0.25, -0.2) is 0 Å². The smallest absolute Gasteiger partial charge is 0.274 e. The molecular formula is C21H28N4O2. The first-order valence-electron chi connectivity index (χ1n) is 9.68. The van der Waals surface area contributed by atoms with Crippen molar-refractivity contribution in [2.24, 2.45) is 7.05 Å². The monoisotopic (exact) mass is 368 g/mol. The molecule has 1 aromatic heterocycles. The van der Waals surface area contributed by atoms with Crippen LogP contribution >= 0.6 is 0 Å². The molecule has 4 rings (SSSR count). The van der Waals surface area contributed by atoms with Crippen LogP contribution in [0.1, 0.15) is 41.7 Å². The summed E-state index contributed by atoms with van der Waals surface area (Å²) in [6.45, 7) is 1.17. The number of carbonyl (C=O) groups is 1. The topological polar surface area (TPSA) is 50.6 Å². The number of aromatic nitrogens is 2. The highest BCUT2D eigenvalue weighted by molar-refractivity contribution is 5.92. The van der Waals surface area contributed by atoms with E-state index in [9.17, 15) is 4.79 Å². The normalized spacial score (nSPS) is 25.2. The van der Waals surface area contributed by atoms with Crippen molar-refractivity contribution in [1.29, 1.82) is 0 Å². The fourth-order valence-electron chi connectivity index (χ4n) is 4.35. The van der Waals surface area contributed by atoms with Crippen LogP contribution in [-0.4, -0.2) is 57.8 Å². The number of carbonyl (C=O) groups excluding carboxylic acids is 1. The maximum atomic E-state index is 13.2. The molecule has 0 bridgehead atoms. The third-order valence-corrected chi connectivity index (χ3v) is 5.96. The predicted molar refractivity (Wildman–Crippen MR) is 104 cm³/mol. The Morgan fingerprint density at radius 3 is 2.63 bits per heavy atom. The molecule has 2 aliphatic rings. The van der Waals surface area contributed by atoms with Crippen molar-refractivity contribution in [2.75, 3.05) is 20.6 Å². The van der Waals surface area contributed by atoms with E-state index in [-0.39, 0.29) is 11.5 Å². The number of fused-ring (bicyclic) bond motifs is 1. The first-order valence-corrected chi connectivity index (χ1v) is 9.68. The average Bonchev–Trinajstić information content (AvgIpc) is 3.01. The van der Waals surface area contributed by atoms with Crippen LogP contribution in [0, 0.1) is 0 Å². The minimum absolute atomic E-state index is 0.0231. The molecule has 0 unspecified atom stereocenters. The van der Waals surface area contributed by atoms with Crippen LogP contribution < -0.4 is 4.74 Å². The third-order valence-electron chi connectivity index (χ3n) is 5.96. The van der Waals surface area contributed by atoms with Crippen LogP contribution in [0.5, 0.6) is 5.75 Å². The Balaban J connectivity index is 1.64. The quantitative estimate of drug-likeness (QED) is 0.818. The second kappa shape index (κ2) is 7.00. The lowest BCUT2D eigenvalue weighted by Gasteiger charge is -2.42. The van der Waals surface area contributed by atoms with Crippen LogP contribution in [-0.2, 0) is 13.6 Å². The van der Waals surface area contributed by atoms with Gasteiger partial charge in [0.1, 0.15) is 17.0 Å². The van der Waals surface area contributed by atoms with Gasteiger partial charge < -0.3 is 14.5 Å². The van der Waals surface area contributed by atoms with E-state index in [1.54, 1.807) is 10.7 Å². The van der Waals surface area contributed by atoms with Gasteiger partial charge in [0.2, 0.25) is 0 Å². The number of benzene rings is 1. The van der Waals surface area contributed by atoms with Gasteiger partial charge in [-0.05, 0) is 51.9 Å². The lowest BCUT2D eigenvalue weighted by atomic mass is 9.81. The summed E-state index contributed by atoms with van der Waals surface area (Å²) in [6, 6.07) is 10.5. The standard InChI is InChI=1S/C21H28N4O2/c1-23(2)17-8-11-21(12-9-17)15-25(20(26)18-10-13-24(3)22-18)14-16-6-4-5-7-19(16)27-21/h4-7,10,13,17H,8-9,11-12,14-15H2,1-3H3. The largest absolute Gasteiger partial charge is 0.485 e. The molecule has 1 saturated carbocycles. The van der Waals surface area contributed by atoms with Gasteiger partial charge in [0.05, 0.1) is 6.54 Å². The Labute approximate surface area is 160 Å². The third kappa shape index (κ3) is 3.58. The van der Waals surface area contributed by atoms with E-state index >= 15 is 0 Å². The molecule has 1 aliphatic heterocycles. The average molecular weight is 368 g/mol. The van der Waals surface area contributed by atoms with Crippen LogP contribution in [0.3, 0.4) is 0 Å². The Morgan fingerprint density at radius 1 is 1.22 bits per heavy atom. The van der Waals surface area contributed by atoms with E-state index in [1.807, 2.05) is 36.3 Å². The van der Waals surface area contributed by atoms with Crippen molar-refractivity contribution in [3.63, 3.8) is 0 Å². The zero-order chi connectivity index (χ0) is 19.0. The molecule has 6 heteroatoms. The second-order valence-corrected chi connectivity index (χ2v) is 8.12. The molecule has 1 fully saturated rings. The van der Waals surface area contributed by atoms with Crippen LogP contribution in [0.2, 0.25) is 0 Å². The van der Waals surface area contributed by atoms with Crippen LogP contribution in [0.25, 0.3) is 0 Å². The molecule has 0 saturated heterocycles. The number of para-hydroxylation sites is 1. The van der Waals surface area contributed by atoms with E-state index < -0.39 is 0 Å². The molecule has 0 N–H and O–H groups in total. The summed E-state index contributed by atoms with van der Waals surface area (Å²) in [5.74, 6) is 0.891. The zero-order valence-corrected chi connectivity index (χ0v) is 16.4. The van der Waals surface area contributed by atoms with E-state index in [2.05, 4.69) is 30.2 Å². The molecule has 1 amide bonds. The number of nitrogens with zero attached hydrogens (tertiary/aromatic N) is 4. The predicted octanol–water partition coefficient (Wildman–Crippen LogP) is 2.70. The van der Waals surface area contributed by atoms with Crippen molar-refractivity contribution in [3.05, 3.63) is 47.8 Å². The maximum absolute atomic E-state index is 13.2. The summed E-state index contributed by atoms with van der Waals surface area (Å²) < 4.78 is 8.27. The SMILES string of the molecule is CN(C)C1CCC2(CC1)CN(C(=O)c1ccn(C)n1)Cc1ccccc1O2. The molecule has 0 radical (unpaired) electrons. The van der Waals surface area contributed by atoms with Gasteiger partial charge >= 0.3 is 0 Å². The van der Waals surface area contributed by atoms with Gasteiger partial charge in [0.25, 0.3) is 5.91 Å². The van der Waals surface area contributed by atoms with Gasteiger partial charge in [-0.1, -0.05) is 18.2 Å². The maximum Gasteiger partial charge on any atom is 0.274 e. The van der Waals surface area contributed by atoms with Gasteiger partial charge in [-0.15, -0.1) is 0 Å². The first kappa shape index (κ1) is 18.0. The second-order valence-electron chi connectivity index (χ2n) is 8.12. The number of ether oxygens (including phenoxy) is 1.